The smallest absolute Gasteiger partial charge is 0.319 e. The van der Waals surface area contributed by atoms with Gasteiger partial charge >= 0.3 is 5.97 Å². The monoisotopic (exact) mass is 251 g/mol. The van der Waals surface area contributed by atoms with Crippen LogP contribution in [0.4, 0.5) is 0 Å². The van der Waals surface area contributed by atoms with E-state index in [1.807, 2.05) is 0 Å². The van der Waals surface area contributed by atoms with Gasteiger partial charge in [-0.3, -0.25) is 14.9 Å². The van der Waals surface area contributed by atoms with Crippen molar-refractivity contribution in [2.45, 2.75) is 6.92 Å². The molecular formula is C13H17NO4. The third kappa shape index (κ3) is 4.55. The molecule has 0 aliphatic carbocycles. The first-order chi connectivity index (χ1) is 8.67. The molecule has 0 fully saturated rings. The van der Waals surface area contributed by atoms with E-state index < -0.39 is 0 Å². The molecule has 0 unspecified atom stereocenters. The predicted octanol–water partition coefficient (Wildman–Crippen LogP) is 1.03. The lowest BCUT2D eigenvalue weighted by molar-refractivity contribution is -0.141. The molecule has 0 spiro atoms. The van der Waals surface area contributed by atoms with Crippen molar-refractivity contribution < 1.29 is 19.1 Å². The molecule has 0 heterocycles. The number of hydrogen-bond acceptors (Lipinski definition) is 5. The number of ether oxygens (including phenoxy) is 2. The van der Waals surface area contributed by atoms with Crippen LogP contribution in [-0.4, -0.2) is 38.6 Å². The van der Waals surface area contributed by atoms with Gasteiger partial charge in [-0.15, -0.1) is 0 Å². The van der Waals surface area contributed by atoms with Crippen LogP contribution in [0.2, 0.25) is 0 Å². The molecule has 0 radical (unpaired) electrons. The second-order valence-electron chi connectivity index (χ2n) is 3.56. The summed E-state index contributed by atoms with van der Waals surface area (Å²) >= 11 is 0. The number of carbonyl (C=O) groups excluding carboxylic acids is 2. The molecule has 18 heavy (non-hydrogen) atoms. The molecular weight excluding hydrogens is 234 g/mol. The first-order valence-electron chi connectivity index (χ1n) is 5.71. The highest BCUT2D eigenvalue weighted by Crippen LogP contribution is 2.11. The number of hydrogen-bond donors (Lipinski definition) is 1. The van der Waals surface area contributed by atoms with E-state index >= 15 is 0 Å². The Balaban J connectivity index is 2.38. The summed E-state index contributed by atoms with van der Waals surface area (Å²) in [6, 6.07) is 6.82. The Kier molecular flexibility index (Phi) is 5.87. The molecule has 0 aliphatic rings. The van der Waals surface area contributed by atoms with Crippen molar-refractivity contribution in [3.8, 4) is 5.75 Å². The summed E-state index contributed by atoms with van der Waals surface area (Å²) in [5, 5.41) is 2.74. The van der Waals surface area contributed by atoms with Crippen LogP contribution in [0.3, 0.4) is 0 Å². The number of esters is 1. The van der Waals surface area contributed by atoms with Crippen LogP contribution in [0.5, 0.6) is 5.75 Å². The van der Waals surface area contributed by atoms with Gasteiger partial charge in [-0.1, -0.05) is 0 Å². The number of nitrogens with one attached hydrogen (secondary N) is 1. The second kappa shape index (κ2) is 7.45. The number of carbonyl (C=O) groups is 2. The van der Waals surface area contributed by atoms with Gasteiger partial charge in [0.05, 0.1) is 26.8 Å². The van der Waals surface area contributed by atoms with E-state index in [1.54, 1.807) is 38.3 Å². The van der Waals surface area contributed by atoms with E-state index in [0.29, 0.717) is 17.9 Å². The van der Waals surface area contributed by atoms with Crippen molar-refractivity contribution in [1.29, 1.82) is 0 Å². The van der Waals surface area contributed by atoms with Gasteiger partial charge in [0.15, 0.2) is 5.78 Å². The largest absolute Gasteiger partial charge is 0.497 e. The summed E-state index contributed by atoms with van der Waals surface area (Å²) in [5.41, 5.74) is 0.576. The van der Waals surface area contributed by atoms with Gasteiger partial charge in [-0.25, -0.2) is 0 Å². The third-order valence-electron chi connectivity index (χ3n) is 2.27. The molecule has 0 bridgehead atoms. The average molecular weight is 251 g/mol. The van der Waals surface area contributed by atoms with Crippen LogP contribution in [-0.2, 0) is 9.53 Å². The Morgan fingerprint density at radius 2 is 1.83 bits per heavy atom. The minimum Gasteiger partial charge on any atom is -0.497 e. The molecule has 5 nitrogen and oxygen atoms in total. The topological polar surface area (TPSA) is 64.6 Å². The molecule has 0 saturated carbocycles. The highest BCUT2D eigenvalue weighted by molar-refractivity contribution is 5.97. The van der Waals surface area contributed by atoms with Gasteiger partial charge in [0.1, 0.15) is 5.75 Å². The lowest BCUT2D eigenvalue weighted by Gasteiger charge is -2.05. The fraction of sp³-hybridized carbons (Fsp3) is 0.385. The standard InChI is InChI=1S/C13H17NO4/c1-3-18-13(16)9-14-8-12(15)10-4-6-11(17-2)7-5-10/h4-7,14H,3,8-9H2,1-2H3. The maximum absolute atomic E-state index is 11.7. The van der Waals surface area contributed by atoms with E-state index in [2.05, 4.69) is 5.32 Å². The van der Waals surface area contributed by atoms with Crippen molar-refractivity contribution in [3.63, 3.8) is 0 Å². The summed E-state index contributed by atoms with van der Waals surface area (Å²) in [5.74, 6) is 0.257. The van der Waals surface area contributed by atoms with Gasteiger partial charge in [-0.2, -0.15) is 0 Å². The van der Waals surface area contributed by atoms with Crippen LogP contribution < -0.4 is 10.1 Å². The van der Waals surface area contributed by atoms with E-state index in [-0.39, 0.29) is 24.8 Å². The predicted molar refractivity (Wildman–Crippen MR) is 66.8 cm³/mol. The fourth-order valence-corrected chi connectivity index (χ4v) is 1.37. The van der Waals surface area contributed by atoms with Gasteiger partial charge in [0.2, 0.25) is 0 Å². The average Bonchev–Trinajstić information content (AvgIpc) is 2.39. The number of rotatable bonds is 7. The molecule has 1 aromatic rings. The Morgan fingerprint density at radius 1 is 1.17 bits per heavy atom. The molecule has 0 aromatic heterocycles. The van der Waals surface area contributed by atoms with E-state index in [4.69, 9.17) is 9.47 Å². The van der Waals surface area contributed by atoms with Crippen LogP contribution in [0, 0.1) is 0 Å². The number of ketones is 1. The summed E-state index contributed by atoms with van der Waals surface area (Å²) in [6.45, 7) is 2.22. The molecule has 1 aromatic carbocycles. The molecule has 5 heteroatoms. The fourth-order valence-electron chi connectivity index (χ4n) is 1.37. The SMILES string of the molecule is CCOC(=O)CNCC(=O)c1ccc(OC)cc1. The lowest BCUT2D eigenvalue weighted by atomic mass is 10.1. The van der Waals surface area contributed by atoms with Gasteiger partial charge in [0.25, 0.3) is 0 Å². The molecule has 0 atom stereocenters. The van der Waals surface area contributed by atoms with Crippen LogP contribution >= 0.6 is 0 Å². The number of methoxy groups -OCH3 is 1. The minimum atomic E-state index is -0.361. The molecule has 0 saturated heterocycles. The maximum atomic E-state index is 11.7. The van der Waals surface area contributed by atoms with Crippen LogP contribution in [0.25, 0.3) is 0 Å². The highest BCUT2D eigenvalue weighted by Gasteiger charge is 2.07. The summed E-state index contributed by atoms with van der Waals surface area (Å²) in [7, 11) is 1.57. The zero-order valence-electron chi connectivity index (χ0n) is 10.6. The Bertz CT molecular complexity index is 400. The van der Waals surface area contributed by atoms with Gasteiger partial charge in [0, 0.05) is 5.56 Å². The van der Waals surface area contributed by atoms with Crippen molar-refractivity contribution in [2.24, 2.45) is 0 Å². The molecule has 1 rings (SSSR count). The van der Waals surface area contributed by atoms with Crippen molar-refractivity contribution in [2.75, 3.05) is 26.8 Å². The van der Waals surface area contributed by atoms with Crippen LogP contribution in [0.15, 0.2) is 24.3 Å². The molecule has 1 N–H and O–H groups in total. The summed E-state index contributed by atoms with van der Waals surface area (Å²) < 4.78 is 9.73. The molecule has 0 amide bonds. The lowest BCUT2D eigenvalue weighted by Crippen LogP contribution is -2.29. The van der Waals surface area contributed by atoms with Crippen LogP contribution in [0.1, 0.15) is 17.3 Å². The minimum absolute atomic E-state index is 0.0374. The molecule has 0 aliphatic heterocycles. The summed E-state index contributed by atoms with van der Waals surface area (Å²) in [6.07, 6.45) is 0. The van der Waals surface area contributed by atoms with Gasteiger partial charge < -0.3 is 9.47 Å². The first kappa shape index (κ1) is 14.2. The first-order valence-corrected chi connectivity index (χ1v) is 5.71. The quantitative estimate of drug-likeness (QED) is 0.579. The molecule has 98 valence electrons. The van der Waals surface area contributed by atoms with E-state index in [1.165, 1.54) is 0 Å². The maximum Gasteiger partial charge on any atom is 0.319 e. The van der Waals surface area contributed by atoms with E-state index in [9.17, 15) is 9.59 Å². The third-order valence-corrected chi connectivity index (χ3v) is 2.27. The zero-order chi connectivity index (χ0) is 13.4. The number of Topliss-reactive ketones (excluding diaryl/α,β-unsaturated/α-hetero) is 1. The van der Waals surface area contributed by atoms with Crippen molar-refractivity contribution in [3.05, 3.63) is 29.8 Å². The Labute approximate surface area is 106 Å². The Morgan fingerprint density at radius 3 is 2.39 bits per heavy atom. The van der Waals surface area contributed by atoms with Gasteiger partial charge in [-0.05, 0) is 31.2 Å². The Hall–Kier alpha value is -1.88. The van der Waals surface area contributed by atoms with E-state index in [0.717, 1.165) is 0 Å². The summed E-state index contributed by atoms with van der Waals surface area (Å²) in [4.78, 5) is 22.8. The second-order valence-corrected chi connectivity index (χ2v) is 3.56. The van der Waals surface area contributed by atoms with Crippen molar-refractivity contribution >= 4 is 11.8 Å². The zero-order valence-corrected chi connectivity index (χ0v) is 10.6. The number of benzene rings is 1. The normalized spacial score (nSPS) is 9.89. The van der Waals surface area contributed by atoms with Crippen molar-refractivity contribution in [1.82, 2.24) is 5.32 Å². The highest BCUT2D eigenvalue weighted by atomic mass is 16.5.